The van der Waals surface area contributed by atoms with E-state index in [1.165, 1.54) is 11.1 Å². The Morgan fingerprint density at radius 1 is 1.52 bits per heavy atom. The minimum atomic E-state index is -0.0334. The van der Waals surface area contributed by atoms with Crippen molar-refractivity contribution in [1.82, 2.24) is 20.4 Å². The highest BCUT2D eigenvalue weighted by atomic mass is 16.1. The van der Waals surface area contributed by atoms with Crippen LogP contribution in [0, 0.1) is 19.8 Å². The quantitative estimate of drug-likeness (QED) is 0.803. The van der Waals surface area contributed by atoms with Crippen LogP contribution in [0.4, 0.5) is 0 Å². The molecule has 1 unspecified atom stereocenters. The molecule has 1 aromatic rings. The normalized spacial score (nSPS) is 16.5. The van der Waals surface area contributed by atoms with Crippen LogP contribution < -0.4 is 10.6 Å². The summed E-state index contributed by atoms with van der Waals surface area (Å²) in [6.45, 7) is 8.64. The molecule has 1 aliphatic heterocycles. The first-order valence-electron chi connectivity index (χ1n) is 7.64. The first-order valence-corrected chi connectivity index (χ1v) is 7.64. The Labute approximate surface area is 126 Å². The molecule has 2 heterocycles. The fourth-order valence-electron chi connectivity index (χ4n) is 2.72. The van der Waals surface area contributed by atoms with Crippen molar-refractivity contribution < 1.29 is 4.79 Å². The number of aryl methyl sites for hydroxylation is 2. The van der Waals surface area contributed by atoms with Crippen molar-refractivity contribution in [1.29, 1.82) is 0 Å². The SMILES string of the molecule is Cc1nn(C)c(C)c1CC(C)C(=O)NCC1=CCNCC1. The lowest BCUT2D eigenvalue weighted by Crippen LogP contribution is -2.33. The predicted octanol–water partition coefficient (Wildman–Crippen LogP) is 1.25. The molecule has 0 aromatic carbocycles. The molecule has 0 fully saturated rings. The molecule has 1 atom stereocenters. The molecule has 1 aliphatic rings. The number of nitrogens with one attached hydrogen (secondary N) is 2. The number of carbonyl (C=O) groups is 1. The first kappa shape index (κ1) is 15.8. The van der Waals surface area contributed by atoms with Crippen LogP contribution in [0.1, 0.15) is 30.3 Å². The Morgan fingerprint density at radius 3 is 2.86 bits per heavy atom. The smallest absolute Gasteiger partial charge is 0.223 e. The van der Waals surface area contributed by atoms with Crippen LogP contribution in [0.5, 0.6) is 0 Å². The van der Waals surface area contributed by atoms with Crippen LogP contribution in [-0.4, -0.2) is 35.3 Å². The minimum Gasteiger partial charge on any atom is -0.352 e. The third-order valence-corrected chi connectivity index (χ3v) is 4.26. The zero-order valence-electron chi connectivity index (χ0n) is 13.5. The second-order valence-electron chi connectivity index (χ2n) is 5.91. The van der Waals surface area contributed by atoms with E-state index in [-0.39, 0.29) is 11.8 Å². The molecule has 0 saturated carbocycles. The van der Waals surface area contributed by atoms with E-state index in [0.29, 0.717) is 6.54 Å². The molecule has 2 rings (SSSR count). The van der Waals surface area contributed by atoms with E-state index >= 15 is 0 Å². The molecule has 2 N–H and O–H groups in total. The maximum absolute atomic E-state index is 12.2. The number of aromatic nitrogens is 2. The van der Waals surface area contributed by atoms with Crippen molar-refractivity contribution >= 4 is 5.91 Å². The van der Waals surface area contributed by atoms with Gasteiger partial charge in [-0.05, 0) is 38.8 Å². The van der Waals surface area contributed by atoms with Gasteiger partial charge < -0.3 is 10.6 Å². The van der Waals surface area contributed by atoms with Crippen LogP contribution in [0.15, 0.2) is 11.6 Å². The lowest BCUT2D eigenvalue weighted by Gasteiger charge is -2.17. The summed E-state index contributed by atoms with van der Waals surface area (Å²) in [6.07, 6.45) is 3.94. The molecular formula is C16H26N4O. The van der Waals surface area contributed by atoms with Gasteiger partial charge >= 0.3 is 0 Å². The maximum Gasteiger partial charge on any atom is 0.223 e. The van der Waals surface area contributed by atoms with Crippen molar-refractivity contribution in [3.8, 4) is 0 Å². The Bertz CT molecular complexity index is 545. The summed E-state index contributed by atoms with van der Waals surface area (Å²) < 4.78 is 1.88. The molecule has 0 spiro atoms. The summed E-state index contributed by atoms with van der Waals surface area (Å²) in [6, 6.07) is 0. The number of rotatable bonds is 5. The summed E-state index contributed by atoms with van der Waals surface area (Å²) in [7, 11) is 1.94. The average molecular weight is 290 g/mol. The van der Waals surface area contributed by atoms with Gasteiger partial charge in [0.15, 0.2) is 0 Å². The predicted molar refractivity (Wildman–Crippen MR) is 84.1 cm³/mol. The van der Waals surface area contributed by atoms with Crippen molar-refractivity contribution in [3.05, 3.63) is 28.6 Å². The Balaban J connectivity index is 1.89. The summed E-state index contributed by atoms with van der Waals surface area (Å²) in [5.74, 6) is 0.0889. The largest absolute Gasteiger partial charge is 0.352 e. The fourth-order valence-corrected chi connectivity index (χ4v) is 2.72. The van der Waals surface area contributed by atoms with Gasteiger partial charge in [-0.3, -0.25) is 9.48 Å². The van der Waals surface area contributed by atoms with Crippen molar-refractivity contribution in [2.24, 2.45) is 13.0 Å². The monoisotopic (exact) mass is 290 g/mol. The molecule has 116 valence electrons. The van der Waals surface area contributed by atoms with Crippen LogP contribution in [0.3, 0.4) is 0 Å². The van der Waals surface area contributed by atoms with E-state index in [1.807, 2.05) is 25.6 Å². The Kier molecular flexibility index (Phi) is 5.17. The van der Waals surface area contributed by atoms with Gasteiger partial charge in [0.2, 0.25) is 5.91 Å². The summed E-state index contributed by atoms with van der Waals surface area (Å²) in [5.41, 5.74) is 4.69. The lowest BCUT2D eigenvalue weighted by molar-refractivity contribution is -0.124. The Hall–Kier alpha value is -1.62. The minimum absolute atomic E-state index is 0.0334. The summed E-state index contributed by atoms with van der Waals surface area (Å²) in [4.78, 5) is 12.2. The second-order valence-corrected chi connectivity index (χ2v) is 5.91. The van der Waals surface area contributed by atoms with Gasteiger partial charge in [-0.2, -0.15) is 5.10 Å². The molecule has 21 heavy (non-hydrogen) atoms. The van der Waals surface area contributed by atoms with Crippen molar-refractivity contribution in [2.75, 3.05) is 19.6 Å². The number of carbonyl (C=O) groups excluding carboxylic acids is 1. The number of nitrogens with zero attached hydrogens (tertiary/aromatic N) is 2. The van der Waals surface area contributed by atoms with Crippen LogP contribution in [-0.2, 0) is 18.3 Å². The van der Waals surface area contributed by atoms with Crippen LogP contribution >= 0.6 is 0 Å². The topological polar surface area (TPSA) is 59.0 Å². The molecule has 0 saturated heterocycles. The van der Waals surface area contributed by atoms with Crippen LogP contribution in [0.25, 0.3) is 0 Å². The molecule has 0 bridgehead atoms. The van der Waals surface area contributed by atoms with E-state index in [2.05, 4.69) is 28.7 Å². The third kappa shape index (κ3) is 3.94. The average Bonchev–Trinajstić information content (AvgIpc) is 2.72. The molecule has 0 aliphatic carbocycles. The molecular weight excluding hydrogens is 264 g/mol. The van der Waals surface area contributed by atoms with Gasteiger partial charge in [-0.15, -0.1) is 0 Å². The van der Waals surface area contributed by atoms with Gasteiger partial charge in [-0.25, -0.2) is 0 Å². The summed E-state index contributed by atoms with van der Waals surface area (Å²) >= 11 is 0. The lowest BCUT2D eigenvalue weighted by atomic mass is 9.98. The maximum atomic E-state index is 12.2. The standard InChI is InChI=1S/C16H26N4O/c1-11(9-15-12(2)19-20(4)13(15)3)16(21)18-10-14-5-7-17-8-6-14/h5,11,17H,6-10H2,1-4H3,(H,18,21). The van der Waals surface area contributed by atoms with E-state index in [0.717, 1.165) is 37.3 Å². The third-order valence-electron chi connectivity index (χ3n) is 4.26. The van der Waals surface area contributed by atoms with E-state index in [9.17, 15) is 4.79 Å². The van der Waals surface area contributed by atoms with Gasteiger partial charge in [0, 0.05) is 31.7 Å². The fraction of sp³-hybridized carbons (Fsp3) is 0.625. The zero-order chi connectivity index (χ0) is 15.4. The van der Waals surface area contributed by atoms with Gasteiger partial charge in [-0.1, -0.05) is 18.6 Å². The number of hydrogen-bond acceptors (Lipinski definition) is 3. The highest BCUT2D eigenvalue weighted by Gasteiger charge is 2.18. The van der Waals surface area contributed by atoms with Crippen LogP contribution in [0.2, 0.25) is 0 Å². The second kappa shape index (κ2) is 6.89. The first-order chi connectivity index (χ1) is 9.99. The molecule has 1 aromatic heterocycles. The molecule has 0 radical (unpaired) electrons. The zero-order valence-corrected chi connectivity index (χ0v) is 13.5. The van der Waals surface area contributed by atoms with Gasteiger partial charge in [0.1, 0.15) is 0 Å². The van der Waals surface area contributed by atoms with E-state index in [1.54, 1.807) is 0 Å². The number of amides is 1. The molecule has 1 amide bonds. The summed E-state index contributed by atoms with van der Waals surface area (Å²) in [5, 5.41) is 10.7. The van der Waals surface area contributed by atoms with E-state index in [4.69, 9.17) is 0 Å². The molecule has 5 heteroatoms. The number of hydrogen-bond donors (Lipinski definition) is 2. The molecule has 5 nitrogen and oxygen atoms in total. The highest BCUT2D eigenvalue weighted by Crippen LogP contribution is 2.17. The van der Waals surface area contributed by atoms with Gasteiger partial charge in [0.25, 0.3) is 0 Å². The van der Waals surface area contributed by atoms with E-state index < -0.39 is 0 Å². The highest BCUT2D eigenvalue weighted by molar-refractivity contribution is 5.78. The Morgan fingerprint density at radius 2 is 2.29 bits per heavy atom. The van der Waals surface area contributed by atoms with Crippen molar-refractivity contribution in [2.45, 2.75) is 33.6 Å². The van der Waals surface area contributed by atoms with Crippen molar-refractivity contribution in [3.63, 3.8) is 0 Å². The van der Waals surface area contributed by atoms with Gasteiger partial charge in [0.05, 0.1) is 5.69 Å².